The van der Waals surface area contributed by atoms with Crippen LogP contribution in [-0.2, 0) is 4.79 Å². The first-order chi connectivity index (χ1) is 15.2. The number of ether oxygens (including phenoxy) is 2. The number of benzene rings is 2. The minimum Gasteiger partial charge on any atom is -0.479 e. The van der Waals surface area contributed by atoms with Gasteiger partial charge in [-0.25, -0.2) is 23.5 Å². The van der Waals surface area contributed by atoms with Crippen molar-refractivity contribution in [3.8, 4) is 29.0 Å². The fourth-order valence-electron chi connectivity index (χ4n) is 3.07. The average molecular weight is 441 g/mol. The topological polar surface area (TPSA) is 108 Å². The van der Waals surface area contributed by atoms with Crippen molar-refractivity contribution >= 4 is 17.2 Å². The molecule has 0 aliphatic rings. The summed E-state index contributed by atoms with van der Waals surface area (Å²) in [6.45, 7) is 5.02. The first-order valence-corrected chi connectivity index (χ1v) is 9.48. The molecular formula is C22H17F2N3O5. The zero-order valence-electron chi connectivity index (χ0n) is 17.2. The maximum Gasteiger partial charge on any atom is 0.344 e. The van der Waals surface area contributed by atoms with E-state index >= 15 is 0 Å². The molecule has 0 aliphatic heterocycles. The summed E-state index contributed by atoms with van der Waals surface area (Å²) in [5, 5.41) is 9.07. The fourth-order valence-corrected chi connectivity index (χ4v) is 3.07. The molecule has 0 amide bonds. The lowest BCUT2D eigenvalue weighted by molar-refractivity contribution is -0.144. The van der Waals surface area contributed by atoms with Gasteiger partial charge in [0.2, 0.25) is 5.89 Å². The van der Waals surface area contributed by atoms with Gasteiger partial charge in [-0.15, -0.1) is 0 Å². The predicted octanol–water partition coefficient (Wildman–Crippen LogP) is 4.82. The molecule has 0 fully saturated rings. The van der Waals surface area contributed by atoms with Gasteiger partial charge in [0.25, 0.3) is 5.71 Å². The van der Waals surface area contributed by atoms with Crippen molar-refractivity contribution in [2.75, 3.05) is 0 Å². The lowest BCUT2D eigenvalue weighted by atomic mass is 10.1. The summed E-state index contributed by atoms with van der Waals surface area (Å²) in [5.74, 6) is -2.02. The number of fused-ring (bicyclic) bond motifs is 1. The molecule has 0 bridgehead atoms. The number of aryl methyl sites for hydroxylation is 2. The maximum atomic E-state index is 13.4. The Morgan fingerprint density at radius 3 is 2.34 bits per heavy atom. The Kier molecular flexibility index (Phi) is 5.43. The highest BCUT2D eigenvalue weighted by Crippen LogP contribution is 2.32. The molecule has 10 heteroatoms. The number of hydrogen-bond acceptors (Lipinski definition) is 7. The van der Waals surface area contributed by atoms with Crippen LogP contribution in [0.4, 0.5) is 8.78 Å². The first kappa shape index (κ1) is 21.2. The Morgan fingerprint density at radius 1 is 1.06 bits per heavy atom. The molecule has 8 nitrogen and oxygen atoms in total. The number of carbonyl (C=O) groups is 1. The van der Waals surface area contributed by atoms with Crippen LogP contribution in [0, 0.1) is 25.5 Å². The number of rotatable bonds is 6. The quantitative estimate of drug-likeness (QED) is 0.454. The second-order valence-electron chi connectivity index (χ2n) is 7.11. The standard InChI is InChI=1S/C22H17F2N3O5/c1-10-4-13(5-11(2)18(10)30-12(3)21(28)29)19-26-17-9-25-22(27-20(17)32-19)31-16-7-14(23)6-15(24)8-16/h4-9,12H,1-3H3,(H,28,29). The van der Waals surface area contributed by atoms with E-state index in [0.717, 1.165) is 18.2 Å². The predicted molar refractivity (Wildman–Crippen MR) is 109 cm³/mol. The average Bonchev–Trinajstić information content (AvgIpc) is 3.13. The number of nitrogens with zero attached hydrogens (tertiary/aromatic N) is 3. The summed E-state index contributed by atoms with van der Waals surface area (Å²) < 4.78 is 43.3. The lowest BCUT2D eigenvalue weighted by Crippen LogP contribution is -2.23. The third-order valence-corrected chi connectivity index (χ3v) is 4.52. The van der Waals surface area contributed by atoms with Gasteiger partial charge >= 0.3 is 12.0 Å². The highest BCUT2D eigenvalue weighted by molar-refractivity contribution is 5.74. The van der Waals surface area contributed by atoms with E-state index in [4.69, 9.17) is 19.0 Å². The van der Waals surface area contributed by atoms with E-state index < -0.39 is 23.7 Å². The van der Waals surface area contributed by atoms with Crippen LogP contribution in [-0.4, -0.2) is 32.1 Å². The van der Waals surface area contributed by atoms with E-state index in [1.165, 1.54) is 13.1 Å². The SMILES string of the molecule is Cc1cc(-c2nc3cnc(Oc4cc(F)cc(F)c4)nc3o2)cc(C)c1OC(C)C(=O)O. The Hall–Kier alpha value is -4.08. The van der Waals surface area contributed by atoms with Crippen LogP contribution in [0.2, 0.25) is 0 Å². The van der Waals surface area contributed by atoms with Gasteiger partial charge in [-0.05, 0) is 44.0 Å². The molecule has 4 rings (SSSR count). The molecule has 2 heterocycles. The first-order valence-electron chi connectivity index (χ1n) is 9.48. The van der Waals surface area contributed by atoms with E-state index in [1.807, 2.05) is 0 Å². The number of aromatic nitrogens is 3. The van der Waals surface area contributed by atoms with E-state index in [0.29, 0.717) is 28.0 Å². The monoisotopic (exact) mass is 441 g/mol. The Balaban J connectivity index is 1.63. The van der Waals surface area contributed by atoms with Crippen LogP contribution in [0.15, 0.2) is 40.9 Å². The number of carboxylic acids is 1. The van der Waals surface area contributed by atoms with Crippen LogP contribution in [0.5, 0.6) is 17.5 Å². The Labute approximate surface area is 180 Å². The summed E-state index contributed by atoms with van der Waals surface area (Å²) in [6, 6.07) is 6.07. The number of oxazole rings is 1. The molecule has 4 aromatic rings. The molecule has 0 aliphatic carbocycles. The molecule has 2 aromatic carbocycles. The van der Waals surface area contributed by atoms with Crippen LogP contribution in [0.3, 0.4) is 0 Å². The van der Waals surface area contributed by atoms with Crippen molar-refractivity contribution < 1.29 is 32.6 Å². The number of carboxylic acid groups (broad SMARTS) is 1. The lowest BCUT2D eigenvalue weighted by Gasteiger charge is -2.16. The molecule has 0 saturated carbocycles. The van der Waals surface area contributed by atoms with Crippen molar-refractivity contribution in [1.82, 2.24) is 15.0 Å². The van der Waals surface area contributed by atoms with Crippen molar-refractivity contribution in [3.63, 3.8) is 0 Å². The highest BCUT2D eigenvalue weighted by Gasteiger charge is 2.18. The smallest absolute Gasteiger partial charge is 0.344 e. The normalized spacial score (nSPS) is 12.0. The third kappa shape index (κ3) is 4.34. The second-order valence-corrected chi connectivity index (χ2v) is 7.11. The molecule has 32 heavy (non-hydrogen) atoms. The molecule has 0 radical (unpaired) electrons. The van der Waals surface area contributed by atoms with Crippen molar-refractivity contribution in [1.29, 1.82) is 0 Å². The second kappa shape index (κ2) is 8.22. The summed E-state index contributed by atoms with van der Waals surface area (Å²) in [7, 11) is 0. The van der Waals surface area contributed by atoms with E-state index in [9.17, 15) is 13.6 Å². The van der Waals surface area contributed by atoms with Gasteiger partial charge in [-0.3, -0.25) is 0 Å². The Bertz CT molecular complexity index is 1300. The van der Waals surface area contributed by atoms with Gasteiger partial charge in [0.15, 0.2) is 6.10 Å². The summed E-state index contributed by atoms with van der Waals surface area (Å²) in [6.07, 6.45) is 0.370. The molecule has 0 saturated heterocycles. The molecule has 1 atom stereocenters. The summed E-state index contributed by atoms with van der Waals surface area (Å²) in [4.78, 5) is 23.5. The fraction of sp³-hybridized carbons (Fsp3) is 0.182. The molecule has 1 unspecified atom stereocenters. The summed E-state index contributed by atoms with van der Waals surface area (Å²) in [5.41, 5.74) is 2.52. The van der Waals surface area contributed by atoms with Crippen LogP contribution in [0.1, 0.15) is 18.1 Å². The van der Waals surface area contributed by atoms with E-state index in [-0.39, 0.29) is 23.4 Å². The number of halogens is 2. The summed E-state index contributed by atoms with van der Waals surface area (Å²) >= 11 is 0. The zero-order chi connectivity index (χ0) is 23.0. The molecule has 0 spiro atoms. The largest absolute Gasteiger partial charge is 0.479 e. The van der Waals surface area contributed by atoms with Crippen molar-refractivity contribution in [2.45, 2.75) is 26.9 Å². The van der Waals surface area contributed by atoms with Gasteiger partial charge in [0.05, 0.1) is 6.20 Å². The van der Waals surface area contributed by atoms with Crippen LogP contribution < -0.4 is 9.47 Å². The Morgan fingerprint density at radius 2 is 1.72 bits per heavy atom. The van der Waals surface area contributed by atoms with Gasteiger partial charge < -0.3 is 19.0 Å². The zero-order valence-corrected chi connectivity index (χ0v) is 17.2. The molecule has 164 valence electrons. The molecule has 2 aromatic heterocycles. The van der Waals surface area contributed by atoms with Crippen molar-refractivity contribution in [3.05, 3.63) is 59.3 Å². The third-order valence-electron chi connectivity index (χ3n) is 4.52. The van der Waals surface area contributed by atoms with Gasteiger partial charge in [0, 0.05) is 23.8 Å². The van der Waals surface area contributed by atoms with E-state index in [1.54, 1.807) is 26.0 Å². The van der Waals surface area contributed by atoms with Crippen LogP contribution >= 0.6 is 0 Å². The maximum absolute atomic E-state index is 13.4. The number of hydrogen-bond donors (Lipinski definition) is 1. The molecule has 1 N–H and O–H groups in total. The highest BCUT2D eigenvalue weighted by atomic mass is 19.1. The minimum absolute atomic E-state index is 0.0981. The molecular weight excluding hydrogens is 424 g/mol. The van der Waals surface area contributed by atoms with Gasteiger partial charge in [-0.2, -0.15) is 4.98 Å². The number of aliphatic carboxylic acids is 1. The van der Waals surface area contributed by atoms with Gasteiger partial charge in [0.1, 0.15) is 28.7 Å². The van der Waals surface area contributed by atoms with Crippen LogP contribution in [0.25, 0.3) is 22.7 Å². The van der Waals surface area contributed by atoms with E-state index in [2.05, 4.69) is 15.0 Å². The van der Waals surface area contributed by atoms with Crippen molar-refractivity contribution in [2.24, 2.45) is 0 Å². The minimum atomic E-state index is -1.07. The van der Waals surface area contributed by atoms with Gasteiger partial charge in [-0.1, -0.05) is 0 Å².